The molecule has 0 aliphatic carbocycles. The Hall–Kier alpha value is -10.0. The number of aliphatic carboxylic acids is 1. The van der Waals surface area contributed by atoms with Gasteiger partial charge < -0.3 is 66.8 Å². The van der Waals surface area contributed by atoms with Gasteiger partial charge in [0.1, 0.15) is 27.9 Å². The molecule has 3 aromatic carbocycles. The van der Waals surface area contributed by atoms with E-state index in [-0.39, 0.29) is 66.4 Å². The minimum Gasteiger partial charge on any atom is -0.870 e. The number of ether oxygens (including phenoxy) is 5. The number of aliphatic hydroxyl groups excluding tert-OH is 1. The largest absolute Gasteiger partial charge is 1.00 e. The summed E-state index contributed by atoms with van der Waals surface area (Å²) in [6.07, 6.45) is 12.7. The van der Waals surface area contributed by atoms with Crippen molar-refractivity contribution in [3.8, 4) is 45.7 Å². The Morgan fingerprint density at radius 2 is 0.884 bits per heavy atom. The average molecular weight is 1590 g/mol. The van der Waals surface area contributed by atoms with Crippen LogP contribution in [0.1, 0.15) is 136 Å². The molecule has 0 aliphatic rings. The second kappa shape index (κ2) is 39.4. The Labute approximate surface area is 674 Å². The van der Waals surface area contributed by atoms with Crippen LogP contribution in [0.4, 0.5) is 0 Å². The molecule has 0 saturated heterocycles. The summed E-state index contributed by atoms with van der Waals surface area (Å²) < 4.78 is 41.3. The number of esters is 2. The Morgan fingerprint density at radius 1 is 0.554 bits per heavy atom. The summed E-state index contributed by atoms with van der Waals surface area (Å²) in [5.41, 5.74) is 12.6. The first-order valence-electron chi connectivity index (χ1n) is 35.2. The number of terminal acetylenes is 1. The van der Waals surface area contributed by atoms with Gasteiger partial charge in [0, 0.05) is 106 Å². The number of carbonyl (C=O) groups is 3. The van der Waals surface area contributed by atoms with Gasteiger partial charge in [-0.1, -0.05) is 113 Å². The number of benzene rings is 3. The summed E-state index contributed by atoms with van der Waals surface area (Å²) >= 11 is 18.4. The van der Waals surface area contributed by atoms with Gasteiger partial charge in [-0.15, -0.1) is 16.6 Å². The monoisotopic (exact) mass is 1590 g/mol. The van der Waals surface area contributed by atoms with Crippen molar-refractivity contribution < 1.29 is 72.6 Å². The number of nitrogens with zero attached hydrogens (tertiary/aromatic N) is 15. The molecule has 0 amide bonds. The number of aryl methyl sites for hydroxylation is 1. The minimum absolute atomic E-state index is 0. The fourth-order valence-electron chi connectivity index (χ4n) is 12.4. The molecule has 0 aliphatic heterocycles. The molecule has 29 nitrogen and oxygen atoms in total. The molecule has 0 bridgehead atoms. The third-order valence-corrected chi connectivity index (χ3v) is 17.7. The third kappa shape index (κ3) is 21.8. The van der Waals surface area contributed by atoms with Crippen molar-refractivity contribution in [2.24, 2.45) is 26.3 Å². The zero-order valence-electron chi connectivity index (χ0n) is 65.9. The number of pyridine rings is 3. The molecule has 0 fully saturated rings. The molecule has 590 valence electrons. The maximum absolute atomic E-state index is 13.8. The van der Waals surface area contributed by atoms with Crippen molar-refractivity contribution in [3.63, 3.8) is 0 Å². The number of methoxy groups -OCH3 is 2. The number of fused-ring (bicyclic) bond motifs is 3. The molecule has 3 atom stereocenters. The summed E-state index contributed by atoms with van der Waals surface area (Å²) in [7, 11) is 7.41. The zero-order chi connectivity index (χ0) is 80.9. The molecule has 8 aromatic heterocycles. The van der Waals surface area contributed by atoms with Gasteiger partial charge in [-0.25, -0.2) is 19.1 Å². The van der Waals surface area contributed by atoms with Crippen LogP contribution in [0.3, 0.4) is 0 Å². The number of hydrogen-bond donors (Lipinski definition) is 2. The average Bonchev–Trinajstić information content (AvgIpc) is 1.51. The van der Waals surface area contributed by atoms with Gasteiger partial charge in [0.05, 0.1) is 93.3 Å². The van der Waals surface area contributed by atoms with E-state index >= 15 is 0 Å². The Balaban J connectivity index is 0.000000251. The molecule has 3 N–H and O–H groups in total. The van der Waals surface area contributed by atoms with Crippen LogP contribution in [0.5, 0.6) is 0 Å². The van der Waals surface area contributed by atoms with E-state index in [4.69, 9.17) is 75.5 Å². The van der Waals surface area contributed by atoms with E-state index in [0.29, 0.717) is 107 Å². The van der Waals surface area contributed by atoms with Gasteiger partial charge in [-0.2, -0.15) is 0 Å². The molecule has 11 rings (SSSR count). The van der Waals surface area contributed by atoms with Gasteiger partial charge in [0.2, 0.25) is 0 Å². The van der Waals surface area contributed by atoms with Crippen LogP contribution >= 0.6 is 34.8 Å². The molecule has 8 heterocycles. The number of aliphatic hydroxyl groups is 1. The van der Waals surface area contributed by atoms with Gasteiger partial charge >= 0.3 is 36.8 Å². The van der Waals surface area contributed by atoms with E-state index in [1.165, 1.54) is 32.6 Å². The maximum atomic E-state index is 13.8. The molecule has 11 aromatic rings. The molecule has 33 heteroatoms. The maximum Gasteiger partial charge on any atom is 1.00 e. The first kappa shape index (κ1) is 90.8. The summed E-state index contributed by atoms with van der Waals surface area (Å²) in [6.45, 7) is 22.9. The molecule has 0 saturated carbocycles. The standard InChI is InChI=1S/C27H32ClN5O4.C25H28ClN5O5.C24H25ClN2O4.C3H7N3.Li.H2O/c1-7-13-33-16-19(29-30-33)15-32-14-12-20-21(17-8-10-18(28)11-9-17)23(31(5)25(34)22(20)32)24(26(35)36-6)37-27(2,3)4;1-25(2,3)36-22(24(34)35)21-19(15-5-7-16(26)8-6-15)18-9-10-30(20(18)23(33)29(21)4)13-17-14-31(11-12-32)28-27-17;1-7-13-27-14-12-17-18(15-8-10-16(25)11-9-15)20(26(5)22(28)19(17)27)21(23(29)30-6)31-24(2,3)4;1-2-3-5-6-4;;/h8-12,14,16,24H,7,13,15H2,1-6H3;5-10,14,22,32H,11-13H2,1-4H3,(H,34,35);1,8-12,14,21H,13H2,2-6H3;2-3H2,1H3;;1H2/q;;;;+1;/p-1. The summed E-state index contributed by atoms with van der Waals surface area (Å²) in [5.74, 6) is 0.184. The van der Waals surface area contributed by atoms with Crippen molar-refractivity contribution >= 4 is 85.4 Å². The molecular weight excluding hydrogens is 1500 g/mol. The van der Waals surface area contributed by atoms with E-state index in [2.05, 4.69) is 43.5 Å². The molecule has 0 spiro atoms. The third-order valence-electron chi connectivity index (χ3n) is 17.0. The van der Waals surface area contributed by atoms with Crippen molar-refractivity contribution in [2.45, 2.75) is 157 Å². The van der Waals surface area contributed by atoms with Crippen molar-refractivity contribution in [1.29, 1.82) is 0 Å². The number of carboxylic acid groups (broad SMARTS) is 1. The Kier molecular flexibility index (Phi) is 32.0. The van der Waals surface area contributed by atoms with E-state index in [1.807, 2.05) is 102 Å². The van der Waals surface area contributed by atoms with Crippen molar-refractivity contribution in [2.75, 3.05) is 27.4 Å². The van der Waals surface area contributed by atoms with Crippen LogP contribution in [0.15, 0.2) is 141 Å². The number of rotatable bonds is 23. The van der Waals surface area contributed by atoms with E-state index in [9.17, 15) is 33.9 Å². The number of azide groups is 1. The van der Waals surface area contributed by atoms with E-state index in [0.717, 1.165) is 36.2 Å². The SMILES string of the molecule is C#CCn1ccc2c(-c3ccc(Cl)cc3)c(C(OC(C)(C)C)C(=O)OC)n(C)c(=O)c21.CCCN=[N+]=[N-].CCCn1cc(Cn2ccc3c(-c4ccc(Cl)cc4)c(C(OC(C)(C)C)C(=O)OC)n(C)c(=O)c32)nn1.Cn1c(C(OC(C)(C)C)C(=O)O)c(-c2ccc(Cl)cc2)c2ccn(Cc3cn(CCO)nn3)c2c1=O.[Li+].[OH-]. The van der Waals surface area contributed by atoms with Crippen molar-refractivity contribution in [1.82, 2.24) is 57.4 Å². The second-order valence-electron chi connectivity index (χ2n) is 28.6. The predicted octanol–water partition coefficient (Wildman–Crippen LogP) is 10.8. The van der Waals surface area contributed by atoms with Crippen LogP contribution in [0.25, 0.3) is 76.5 Å². The van der Waals surface area contributed by atoms with Gasteiger partial charge in [-0.3, -0.25) is 19.1 Å². The summed E-state index contributed by atoms with van der Waals surface area (Å²) in [4.78, 5) is 81.7. The predicted molar refractivity (Wildman–Crippen MR) is 426 cm³/mol. The minimum atomic E-state index is -1.39. The number of halogens is 3. The first-order valence-corrected chi connectivity index (χ1v) is 36.4. The zero-order valence-corrected chi connectivity index (χ0v) is 68.2. The van der Waals surface area contributed by atoms with Crippen molar-refractivity contribution in [3.05, 3.63) is 207 Å². The molecule has 112 heavy (non-hydrogen) atoms. The van der Waals surface area contributed by atoms with E-state index in [1.54, 1.807) is 129 Å². The Morgan fingerprint density at radius 3 is 1.18 bits per heavy atom. The second-order valence-corrected chi connectivity index (χ2v) is 29.9. The summed E-state index contributed by atoms with van der Waals surface area (Å²) in [5, 5.41) is 42.7. The number of hydrogen-bond acceptors (Lipinski definition) is 18. The topological polar surface area (TPSA) is 359 Å². The van der Waals surface area contributed by atoms with E-state index < -0.39 is 53.0 Å². The van der Waals surface area contributed by atoms with Crippen LogP contribution in [0, 0.1) is 12.3 Å². The number of aromatic nitrogens is 12. The quantitative estimate of drug-likeness (QED) is 0.0150. The van der Waals surface area contributed by atoms with Crippen LogP contribution in [-0.2, 0) is 91.9 Å². The van der Waals surface area contributed by atoms with Gasteiger partial charge in [0.25, 0.3) is 16.7 Å². The molecule has 0 radical (unpaired) electrons. The Bertz CT molecular complexity index is 5390. The number of carbonyl (C=O) groups excluding carboxylic acids is 2. The smallest absolute Gasteiger partial charge is 0.870 e. The molecule has 3 unspecified atom stereocenters. The van der Waals surface area contributed by atoms with Crippen LogP contribution in [0.2, 0.25) is 15.1 Å². The fraction of sp³-hybridized carbons (Fsp3) is 0.392. The first-order chi connectivity index (χ1) is 52.0. The van der Waals surface area contributed by atoms with Gasteiger partial charge in [0.15, 0.2) is 18.3 Å². The normalized spacial score (nSPS) is 12.2. The number of carboxylic acids is 1. The van der Waals surface area contributed by atoms with Crippen LogP contribution in [-0.4, -0.2) is 135 Å². The molecular formula is C79H93Cl3LiN15O14. The van der Waals surface area contributed by atoms with Gasteiger partial charge in [-0.05, 0) is 146 Å². The summed E-state index contributed by atoms with van der Waals surface area (Å²) in [6, 6.07) is 27.0. The fourth-order valence-corrected chi connectivity index (χ4v) is 12.8. The van der Waals surface area contributed by atoms with Crippen LogP contribution < -0.4 is 35.5 Å².